The van der Waals surface area contributed by atoms with Gasteiger partial charge in [-0.15, -0.1) is 0 Å². The van der Waals surface area contributed by atoms with E-state index in [2.05, 4.69) is 10.6 Å². The van der Waals surface area contributed by atoms with Crippen LogP contribution in [0.25, 0.3) is 0 Å². The molecule has 2 N–H and O–H groups in total. The average molecular weight is 340 g/mol. The zero-order chi connectivity index (χ0) is 17.5. The third-order valence-electron chi connectivity index (χ3n) is 4.32. The van der Waals surface area contributed by atoms with Crippen LogP contribution in [0.15, 0.2) is 48.5 Å². The molecule has 0 bridgehead atoms. The highest BCUT2D eigenvalue weighted by molar-refractivity contribution is 5.92. The van der Waals surface area contributed by atoms with Crippen molar-refractivity contribution in [3.8, 4) is 11.5 Å². The molecule has 3 rings (SSSR count). The molecule has 0 atom stereocenters. The molecular formula is C20H24N2O3. The molecule has 0 heterocycles. The molecule has 0 radical (unpaired) electrons. The lowest BCUT2D eigenvalue weighted by Gasteiger charge is -2.14. The number of hydrogen-bond acceptors (Lipinski definition) is 4. The van der Waals surface area contributed by atoms with Gasteiger partial charge in [0.2, 0.25) is 0 Å². The fraction of sp³-hybridized carbons (Fsp3) is 0.350. The molecule has 1 aliphatic carbocycles. The van der Waals surface area contributed by atoms with Crippen LogP contribution in [0, 0.1) is 0 Å². The van der Waals surface area contributed by atoms with Crippen molar-refractivity contribution >= 4 is 17.3 Å². The monoisotopic (exact) mass is 340 g/mol. The molecule has 2 aromatic carbocycles. The Kier molecular flexibility index (Phi) is 5.77. The maximum atomic E-state index is 12.1. The van der Waals surface area contributed by atoms with Crippen LogP contribution in [-0.2, 0) is 4.79 Å². The Labute approximate surface area is 148 Å². The molecule has 1 amide bonds. The summed E-state index contributed by atoms with van der Waals surface area (Å²) in [6.07, 6.45) is 5.08. The summed E-state index contributed by atoms with van der Waals surface area (Å²) in [4.78, 5) is 12.1. The van der Waals surface area contributed by atoms with Crippen molar-refractivity contribution in [3.05, 3.63) is 48.5 Å². The molecule has 0 aliphatic heterocycles. The van der Waals surface area contributed by atoms with Crippen LogP contribution < -0.4 is 20.1 Å². The van der Waals surface area contributed by atoms with Crippen LogP contribution in [0.5, 0.6) is 11.5 Å². The molecular weight excluding hydrogens is 316 g/mol. The predicted octanol–water partition coefficient (Wildman–Crippen LogP) is 4.07. The van der Waals surface area contributed by atoms with Crippen molar-refractivity contribution in [2.45, 2.75) is 31.7 Å². The third-order valence-corrected chi connectivity index (χ3v) is 4.32. The summed E-state index contributed by atoms with van der Waals surface area (Å²) < 4.78 is 10.7. The minimum absolute atomic E-state index is 0.0670. The molecule has 0 saturated heterocycles. The van der Waals surface area contributed by atoms with Gasteiger partial charge in [0.1, 0.15) is 0 Å². The number of rotatable bonds is 7. The van der Waals surface area contributed by atoms with Crippen molar-refractivity contribution in [3.63, 3.8) is 0 Å². The number of carbonyl (C=O) groups excluding carboxylic acids is 1. The minimum atomic E-state index is -0.206. The number of ether oxygens (including phenoxy) is 2. The van der Waals surface area contributed by atoms with Gasteiger partial charge in [0.05, 0.1) is 7.11 Å². The Morgan fingerprint density at radius 3 is 2.32 bits per heavy atom. The molecule has 1 aliphatic rings. The Hall–Kier alpha value is -2.69. The first-order valence-electron chi connectivity index (χ1n) is 8.67. The normalized spacial score (nSPS) is 14.1. The van der Waals surface area contributed by atoms with Crippen molar-refractivity contribution in [1.29, 1.82) is 0 Å². The van der Waals surface area contributed by atoms with Gasteiger partial charge < -0.3 is 20.1 Å². The van der Waals surface area contributed by atoms with Crippen LogP contribution in [0.2, 0.25) is 0 Å². The lowest BCUT2D eigenvalue weighted by Crippen LogP contribution is -2.20. The molecule has 132 valence electrons. The van der Waals surface area contributed by atoms with E-state index < -0.39 is 0 Å². The fourth-order valence-corrected chi connectivity index (χ4v) is 3.03. The van der Waals surface area contributed by atoms with Crippen LogP contribution in [0.1, 0.15) is 25.7 Å². The molecule has 5 heteroatoms. The van der Waals surface area contributed by atoms with Gasteiger partial charge in [0.15, 0.2) is 18.1 Å². The Balaban J connectivity index is 1.49. The molecule has 25 heavy (non-hydrogen) atoms. The standard InChI is InChI=1S/C20H24N2O3/c1-24-18-8-4-5-9-19(18)25-14-20(23)22-17-12-10-16(11-13-17)21-15-6-2-3-7-15/h4-5,8-13,15,21H,2-3,6-7,14H2,1H3,(H,22,23). The highest BCUT2D eigenvalue weighted by atomic mass is 16.5. The quantitative estimate of drug-likeness (QED) is 0.798. The number of nitrogens with one attached hydrogen (secondary N) is 2. The van der Waals surface area contributed by atoms with Gasteiger partial charge in [-0.1, -0.05) is 25.0 Å². The van der Waals surface area contributed by atoms with Gasteiger partial charge in [-0.25, -0.2) is 0 Å². The zero-order valence-corrected chi connectivity index (χ0v) is 14.5. The van der Waals surface area contributed by atoms with E-state index in [9.17, 15) is 4.79 Å². The number of benzene rings is 2. The van der Waals surface area contributed by atoms with Crippen LogP contribution >= 0.6 is 0 Å². The van der Waals surface area contributed by atoms with Crippen molar-refractivity contribution in [2.75, 3.05) is 24.4 Å². The van der Waals surface area contributed by atoms with E-state index in [4.69, 9.17) is 9.47 Å². The largest absolute Gasteiger partial charge is 0.493 e. The maximum absolute atomic E-state index is 12.1. The molecule has 0 unspecified atom stereocenters. The van der Waals surface area contributed by atoms with E-state index in [-0.39, 0.29) is 12.5 Å². The Bertz CT molecular complexity index is 694. The lowest BCUT2D eigenvalue weighted by atomic mass is 10.2. The van der Waals surface area contributed by atoms with Crippen molar-refractivity contribution in [1.82, 2.24) is 0 Å². The highest BCUT2D eigenvalue weighted by Gasteiger charge is 2.14. The maximum Gasteiger partial charge on any atom is 0.262 e. The lowest BCUT2D eigenvalue weighted by molar-refractivity contribution is -0.118. The number of carbonyl (C=O) groups is 1. The second-order valence-corrected chi connectivity index (χ2v) is 6.19. The number of para-hydroxylation sites is 2. The average Bonchev–Trinajstić information content (AvgIpc) is 3.15. The molecule has 1 fully saturated rings. The molecule has 5 nitrogen and oxygen atoms in total. The number of anilines is 2. The fourth-order valence-electron chi connectivity index (χ4n) is 3.03. The summed E-state index contributed by atoms with van der Waals surface area (Å²) in [6, 6.07) is 15.6. The van der Waals surface area contributed by atoms with Crippen LogP contribution in [0.3, 0.4) is 0 Å². The van der Waals surface area contributed by atoms with E-state index in [1.54, 1.807) is 19.2 Å². The molecule has 1 saturated carbocycles. The van der Waals surface area contributed by atoms with E-state index in [0.29, 0.717) is 17.5 Å². The Morgan fingerprint density at radius 1 is 1.00 bits per heavy atom. The Morgan fingerprint density at radius 2 is 1.64 bits per heavy atom. The van der Waals surface area contributed by atoms with E-state index in [1.165, 1.54) is 25.7 Å². The van der Waals surface area contributed by atoms with Crippen LogP contribution in [-0.4, -0.2) is 25.7 Å². The van der Waals surface area contributed by atoms with Gasteiger partial charge in [-0.05, 0) is 49.2 Å². The first-order valence-corrected chi connectivity index (χ1v) is 8.67. The number of amides is 1. The van der Waals surface area contributed by atoms with Gasteiger partial charge in [-0.3, -0.25) is 4.79 Å². The summed E-state index contributed by atoms with van der Waals surface area (Å²) in [5.74, 6) is 0.955. The van der Waals surface area contributed by atoms with Crippen LogP contribution in [0.4, 0.5) is 11.4 Å². The smallest absolute Gasteiger partial charge is 0.262 e. The first kappa shape index (κ1) is 17.1. The van der Waals surface area contributed by atoms with Crippen molar-refractivity contribution in [2.24, 2.45) is 0 Å². The van der Waals surface area contributed by atoms with Gasteiger partial charge in [-0.2, -0.15) is 0 Å². The topological polar surface area (TPSA) is 59.6 Å². The van der Waals surface area contributed by atoms with Gasteiger partial charge >= 0.3 is 0 Å². The SMILES string of the molecule is COc1ccccc1OCC(=O)Nc1ccc(NC2CCCC2)cc1. The third kappa shape index (κ3) is 4.89. The summed E-state index contributed by atoms with van der Waals surface area (Å²) in [5, 5.41) is 6.37. The summed E-state index contributed by atoms with van der Waals surface area (Å²) >= 11 is 0. The molecule has 2 aromatic rings. The highest BCUT2D eigenvalue weighted by Crippen LogP contribution is 2.26. The second-order valence-electron chi connectivity index (χ2n) is 6.19. The number of methoxy groups -OCH3 is 1. The number of hydrogen-bond donors (Lipinski definition) is 2. The summed E-state index contributed by atoms with van der Waals surface area (Å²) in [7, 11) is 1.57. The molecule has 0 aromatic heterocycles. The van der Waals surface area contributed by atoms with E-state index in [1.807, 2.05) is 36.4 Å². The zero-order valence-electron chi connectivity index (χ0n) is 14.5. The van der Waals surface area contributed by atoms with Gasteiger partial charge in [0.25, 0.3) is 5.91 Å². The summed E-state index contributed by atoms with van der Waals surface area (Å²) in [5.41, 5.74) is 1.85. The van der Waals surface area contributed by atoms with Gasteiger partial charge in [0, 0.05) is 17.4 Å². The minimum Gasteiger partial charge on any atom is -0.493 e. The van der Waals surface area contributed by atoms with E-state index >= 15 is 0 Å². The second kappa shape index (κ2) is 8.42. The summed E-state index contributed by atoms with van der Waals surface area (Å²) in [6.45, 7) is -0.0670. The molecule has 0 spiro atoms. The van der Waals surface area contributed by atoms with Crippen molar-refractivity contribution < 1.29 is 14.3 Å². The van der Waals surface area contributed by atoms with E-state index in [0.717, 1.165) is 11.4 Å². The first-order chi connectivity index (χ1) is 12.2. The predicted molar refractivity (Wildman–Crippen MR) is 99.4 cm³/mol.